The summed E-state index contributed by atoms with van der Waals surface area (Å²) in [6.45, 7) is -0.180. The van der Waals surface area contributed by atoms with E-state index in [0.717, 1.165) is 0 Å². The third kappa shape index (κ3) is 3.97. The largest absolute Gasteiger partial charge is 0.477 e. The molecule has 8 heteroatoms. The van der Waals surface area contributed by atoms with Gasteiger partial charge in [-0.15, -0.1) is 0 Å². The van der Waals surface area contributed by atoms with Gasteiger partial charge in [0, 0.05) is 7.05 Å². The number of nitrogens with zero attached hydrogens (tertiary/aromatic N) is 1. The highest BCUT2D eigenvalue weighted by Crippen LogP contribution is 2.32. The first-order valence-electron chi connectivity index (χ1n) is 7.61. The molecule has 0 saturated carbocycles. The normalized spacial score (nSPS) is 17.1. The lowest BCUT2D eigenvalue weighted by molar-refractivity contribution is -0.125. The quantitative estimate of drug-likeness (QED) is 0.876. The Balaban J connectivity index is 1.66. The number of carbonyl (C=O) groups excluding carboxylic acids is 1. The van der Waals surface area contributed by atoms with Gasteiger partial charge in [0.25, 0.3) is 5.91 Å². The van der Waals surface area contributed by atoms with Crippen LogP contribution in [0.2, 0.25) is 0 Å². The number of likely N-dealkylation sites (N-methyl/N-ethyl adjacent to an activating group) is 1. The number of sulfonamides is 1. The van der Waals surface area contributed by atoms with Crippen molar-refractivity contribution in [3.63, 3.8) is 0 Å². The Labute approximate surface area is 145 Å². The van der Waals surface area contributed by atoms with Crippen molar-refractivity contribution in [2.45, 2.75) is 11.9 Å². The average molecular weight is 364 g/mol. The van der Waals surface area contributed by atoms with Gasteiger partial charge < -0.3 is 9.64 Å². The standard InChI is InChI=1S/C17H17FN2O4S/c1-20-14-4-2-3-5-15(14)24-16(17(20)21)10-19-25(22,23)11-12-6-8-13(18)9-7-12/h2-9,16,19H,10-11H2,1H3. The van der Waals surface area contributed by atoms with Crippen LogP contribution in [0.25, 0.3) is 0 Å². The van der Waals surface area contributed by atoms with E-state index in [1.807, 2.05) is 0 Å². The number of benzene rings is 2. The average Bonchev–Trinajstić information content (AvgIpc) is 2.59. The summed E-state index contributed by atoms with van der Waals surface area (Å²) in [5.41, 5.74) is 1.09. The molecule has 1 amide bonds. The first-order valence-corrected chi connectivity index (χ1v) is 9.26. The van der Waals surface area contributed by atoms with Crippen LogP contribution in [0.1, 0.15) is 5.56 Å². The van der Waals surface area contributed by atoms with Gasteiger partial charge in [0.05, 0.1) is 18.0 Å². The molecule has 3 rings (SSSR count). The molecule has 1 atom stereocenters. The fourth-order valence-corrected chi connectivity index (χ4v) is 3.69. The number of hydrogen-bond donors (Lipinski definition) is 1. The SMILES string of the molecule is CN1C(=O)C(CNS(=O)(=O)Cc2ccc(F)cc2)Oc2ccccc21. The van der Waals surface area contributed by atoms with E-state index >= 15 is 0 Å². The van der Waals surface area contributed by atoms with Gasteiger partial charge in [0.2, 0.25) is 10.0 Å². The van der Waals surface area contributed by atoms with Crippen LogP contribution in [0.5, 0.6) is 5.75 Å². The van der Waals surface area contributed by atoms with Gasteiger partial charge in [0.15, 0.2) is 6.10 Å². The topological polar surface area (TPSA) is 75.7 Å². The van der Waals surface area contributed by atoms with Crippen LogP contribution in [0, 0.1) is 5.82 Å². The Morgan fingerprint density at radius 3 is 2.56 bits per heavy atom. The zero-order valence-corrected chi connectivity index (χ0v) is 14.3. The summed E-state index contributed by atoms with van der Waals surface area (Å²) in [5.74, 6) is -0.548. The highest BCUT2D eigenvalue weighted by molar-refractivity contribution is 7.88. The van der Waals surface area contributed by atoms with Crippen molar-refractivity contribution >= 4 is 21.6 Å². The minimum atomic E-state index is -3.69. The Morgan fingerprint density at radius 1 is 1.16 bits per heavy atom. The van der Waals surface area contributed by atoms with Crippen molar-refractivity contribution in [1.82, 2.24) is 4.72 Å². The second-order valence-corrected chi connectivity index (χ2v) is 7.51. The molecular weight excluding hydrogens is 347 g/mol. The van der Waals surface area contributed by atoms with Crippen LogP contribution >= 0.6 is 0 Å². The van der Waals surface area contributed by atoms with Gasteiger partial charge in [-0.05, 0) is 29.8 Å². The molecule has 1 unspecified atom stereocenters. The molecule has 0 bridgehead atoms. The summed E-state index contributed by atoms with van der Waals surface area (Å²) in [4.78, 5) is 13.8. The third-order valence-corrected chi connectivity index (χ3v) is 5.18. The molecule has 0 radical (unpaired) electrons. The number of para-hydroxylation sites is 2. The molecule has 1 aliphatic heterocycles. The van der Waals surface area contributed by atoms with Crippen LogP contribution in [-0.4, -0.2) is 34.0 Å². The van der Waals surface area contributed by atoms with Gasteiger partial charge in [-0.3, -0.25) is 4.79 Å². The summed E-state index contributed by atoms with van der Waals surface area (Å²) in [6.07, 6.45) is -0.942. The molecule has 0 aliphatic carbocycles. The van der Waals surface area contributed by atoms with E-state index < -0.39 is 21.9 Å². The molecule has 1 heterocycles. The van der Waals surface area contributed by atoms with Crippen LogP contribution < -0.4 is 14.4 Å². The lowest BCUT2D eigenvalue weighted by Gasteiger charge is -2.31. The van der Waals surface area contributed by atoms with E-state index in [1.54, 1.807) is 31.3 Å². The highest BCUT2D eigenvalue weighted by Gasteiger charge is 2.32. The molecule has 25 heavy (non-hydrogen) atoms. The van der Waals surface area contributed by atoms with Crippen molar-refractivity contribution < 1.29 is 22.3 Å². The molecule has 0 saturated heterocycles. The Kier molecular flexibility index (Phi) is 4.73. The molecule has 0 spiro atoms. The number of carbonyl (C=O) groups is 1. The Bertz CT molecular complexity index is 884. The number of amides is 1. The second kappa shape index (κ2) is 6.81. The zero-order valence-electron chi connectivity index (χ0n) is 13.5. The van der Waals surface area contributed by atoms with Crippen molar-refractivity contribution in [1.29, 1.82) is 0 Å². The van der Waals surface area contributed by atoms with Gasteiger partial charge in [-0.2, -0.15) is 0 Å². The Morgan fingerprint density at radius 2 is 1.84 bits per heavy atom. The summed E-state index contributed by atoms with van der Waals surface area (Å²) in [6, 6.07) is 12.2. The first kappa shape index (κ1) is 17.4. The molecule has 132 valence electrons. The van der Waals surface area contributed by atoms with Gasteiger partial charge in [0.1, 0.15) is 11.6 Å². The molecule has 2 aromatic carbocycles. The number of anilines is 1. The van der Waals surface area contributed by atoms with E-state index in [1.165, 1.54) is 29.2 Å². The summed E-state index contributed by atoms with van der Waals surface area (Å²) in [5, 5.41) is 0. The van der Waals surface area contributed by atoms with Gasteiger partial charge in [-0.1, -0.05) is 24.3 Å². The maximum Gasteiger partial charge on any atom is 0.269 e. The van der Waals surface area contributed by atoms with Crippen molar-refractivity contribution in [3.8, 4) is 5.75 Å². The predicted molar refractivity (Wildman–Crippen MR) is 91.3 cm³/mol. The molecule has 2 aromatic rings. The molecule has 0 aromatic heterocycles. The third-order valence-electron chi connectivity index (χ3n) is 3.86. The fourth-order valence-electron chi connectivity index (χ4n) is 2.56. The van der Waals surface area contributed by atoms with Crippen molar-refractivity contribution in [2.24, 2.45) is 0 Å². The number of halogens is 1. The maximum atomic E-state index is 12.9. The van der Waals surface area contributed by atoms with Crippen LogP contribution in [-0.2, 0) is 20.6 Å². The van der Waals surface area contributed by atoms with Crippen molar-refractivity contribution in [2.75, 3.05) is 18.5 Å². The molecule has 1 aliphatic rings. The minimum absolute atomic E-state index is 0.180. The van der Waals surface area contributed by atoms with Crippen LogP contribution in [0.3, 0.4) is 0 Å². The van der Waals surface area contributed by atoms with Crippen LogP contribution in [0.15, 0.2) is 48.5 Å². The molecule has 6 nitrogen and oxygen atoms in total. The lowest BCUT2D eigenvalue weighted by atomic mass is 10.2. The molecular formula is C17H17FN2O4S. The number of fused-ring (bicyclic) bond motifs is 1. The maximum absolute atomic E-state index is 12.9. The molecule has 0 fully saturated rings. The van der Waals surface area contributed by atoms with Gasteiger partial charge >= 0.3 is 0 Å². The van der Waals surface area contributed by atoms with E-state index in [0.29, 0.717) is 17.0 Å². The zero-order chi connectivity index (χ0) is 18.0. The van der Waals surface area contributed by atoms with E-state index in [9.17, 15) is 17.6 Å². The molecule has 1 N–H and O–H groups in total. The van der Waals surface area contributed by atoms with E-state index in [-0.39, 0.29) is 18.2 Å². The monoisotopic (exact) mass is 364 g/mol. The summed E-state index contributed by atoms with van der Waals surface area (Å²) < 4.78 is 45.2. The smallest absolute Gasteiger partial charge is 0.269 e. The predicted octanol–water partition coefficient (Wildman–Crippen LogP) is 1.67. The summed E-state index contributed by atoms with van der Waals surface area (Å²) in [7, 11) is -2.07. The number of rotatable bonds is 5. The minimum Gasteiger partial charge on any atom is -0.477 e. The Hall–Kier alpha value is -2.45. The first-order chi connectivity index (χ1) is 11.9. The number of ether oxygens (including phenoxy) is 1. The second-order valence-electron chi connectivity index (χ2n) is 5.71. The summed E-state index contributed by atoms with van der Waals surface area (Å²) >= 11 is 0. The lowest BCUT2D eigenvalue weighted by Crippen LogP contribution is -2.49. The van der Waals surface area contributed by atoms with E-state index in [4.69, 9.17) is 4.74 Å². The number of hydrogen-bond acceptors (Lipinski definition) is 4. The van der Waals surface area contributed by atoms with E-state index in [2.05, 4.69) is 4.72 Å². The van der Waals surface area contributed by atoms with Gasteiger partial charge in [-0.25, -0.2) is 17.5 Å². The highest BCUT2D eigenvalue weighted by atomic mass is 32.2. The van der Waals surface area contributed by atoms with Crippen LogP contribution in [0.4, 0.5) is 10.1 Å². The van der Waals surface area contributed by atoms with Crippen molar-refractivity contribution in [3.05, 3.63) is 59.9 Å². The fraction of sp³-hybridized carbons (Fsp3) is 0.235. The number of nitrogens with one attached hydrogen (secondary N) is 1.